The number of hydrogen-bond acceptors (Lipinski definition) is 5. The summed E-state index contributed by atoms with van der Waals surface area (Å²) in [6.45, 7) is 0. The number of rotatable bonds is 6. The van der Waals surface area contributed by atoms with Gasteiger partial charge in [0.1, 0.15) is 5.75 Å². The lowest BCUT2D eigenvalue weighted by Gasteiger charge is -2.36. The average Bonchev–Trinajstić information content (AvgIpc) is 2.87. The van der Waals surface area contributed by atoms with Gasteiger partial charge in [-0.2, -0.15) is 0 Å². The Morgan fingerprint density at radius 1 is 1.15 bits per heavy atom. The molecule has 0 radical (unpaired) electrons. The lowest BCUT2D eigenvalue weighted by molar-refractivity contribution is -0.127. The second kappa shape index (κ2) is 9.66. The van der Waals surface area contributed by atoms with Gasteiger partial charge in [0.25, 0.3) is 0 Å². The van der Waals surface area contributed by atoms with E-state index in [0.717, 1.165) is 71.4 Å². The minimum absolute atomic E-state index is 0.00839. The summed E-state index contributed by atoms with van der Waals surface area (Å²) >= 11 is 1.52. The van der Waals surface area contributed by atoms with E-state index in [2.05, 4.69) is 21.7 Å². The fraction of sp³-hybridized carbons (Fsp3) is 0.370. The van der Waals surface area contributed by atoms with E-state index in [1.54, 1.807) is 7.11 Å². The van der Waals surface area contributed by atoms with E-state index >= 15 is 0 Å². The number of aromatic nitrogens is 1. The molecule has 5 rings (SSSR count). The molecule has 7 heteroatoms. The molecular weight excluding hydrogens is 446 g/mol. The Morgan fingerprint density at radius 2 is 2.00 bits per heavy atom. The minimum atomic E-state index is -0.402. The van der Waals surface area contributed by atoms with Crippen molar-refractivity contribution in [3.63, 3.8) is 0 Å². The number of hydrogen-bond donors (Lipinski definition) is 2. The zero-order valence-electron chi connectivity index (χ0n) is 19.4. The first-order valence-corrected chi connectivity index (χ1v) is 12.8. The van der Waals surface area contributed by atoms with Crippen LogP contribution in [0.3, 0.4) is 0 Å². The van der Waals surface area contributed by atoms with Gasteiger partial charge < -0.3 is 15.4 Å². The largest absolute Gasteiger partial charge is 0.497 e. The normalized spacial score (nSPS) is 17.0. The molecule has 0 saturated heterocycles. The average molecular weight is 476 g/mol. The van der Waals surface area contributed by atoms with Gasteiger partial charge in [0.05, 0.1) is 24.1 Å². The number of nitrogens with zero attached hydrogens (tertiary/aromatic N) is 1. The number of nitrogens with one attached hydrogen (secondary N) is 2. The molecule has 6 nitrogen and oxygen atoms in total. The molecule has 2 N–H and O–H groups in total. The van der Waals surface area contributed by atoms with Gasteiger partial charge in [0.2, 0.25) is 11.8 Å². The van der Waals surface area contributed by atoms with Crippen LogP contribution < -0.4 is 15.4 Å². The lowest BCUT2D eigenvalue weighted by atomic mass is 9.70. The third kappa shape index (κ3) is 4.62. The fourth-order valence-corrected chi connectivity index (χ4v) is 5.93. The van der Waals surface area contributed by atoms with Crippen molar-refractivity contribution in [1.29, 1.82) is 0 Å². The summed E-state index contributed by atoms with van der Waals surface area (Å²) in [5, 5.41) is 7.17. The van der Waals surface area contributed by atoms with Gasteiger partial charge in [0.15, 0.2) is 0 Å². The number of aryl methyl sites for hydroxylation is 1. The molecule has 2 aromatic carbocycles. The summed E-state index contributed by atoms with van der Waals surface area (Å²) in [5.74, 6) is 1.31. The second-order valence-electron chi connectivity index (χ2n) is 9.20. The quantitative estimate of drug-likeness (QED) is 0.470. The molecule has 34 heavy (non-hydrogen) atoms. The molecule has 1 aromatic heterocycles. The van der Waals surface area contributed by atoms with E-state index in [1.165, 1.54) is 23.7 Å². The number of ether oxygens (including phenoxy) is 1. The summed E-state index contributed by atoms with van der Waals surface area (Å²) in [7, 11) is 1.67. The van der Waals surface area contributed by atoms with Crippen molar-refractivity contribution in [1.82, 2.24) is 4.98 Å². The highest BCUT2D eigenvalue weighted by Crippen LogP contribution is 2.42. The number of pyridine rings is 1. The zero-order chi connectivity index (χ0) is 23.5. The van der Waals surface area contributed by atoms with Crippen molar-refractivity contribution < 1.29 is 14.3 Å². The van der Waals surface area contributed by atoms with Crippen LogP contribution >= 0.6 is 11.8 Å². The van der Waals surface area contributed by atoms with E-state index in [4.69, 9.17) is 4.74 Å². The highest BCUT2D eigenvalue weighted by molar-refractivity contribution is 8.00. The predicted octanol–water partition coefficient (Wildman–Crippen LogP) is 5.81. The summed E-state index contributed by atoms with van der Waals surface area (Å²) in [6, 6.07) is 13.8. The van der Waals surface area contributed by atoms with Gasteiger partial charge in [-0.15, -0.1) is 11.8 Å². The first-order valence-electron chi connectivity index (χ1n) is 11.9. The number of benzene rings is 2. The molecule has 0 atom stereocenters. The number of carbonyl (C=O) groups is 2. The zero-order valence-corrected chi connectivity index (χ0v) is 20.2. The Labute approximate surface area is 203 Å². The lowest BCUT2D eigenvalue weighted by Crippen LogP contribution is -2.38. The van der Waals surface area contributed by atoms with Crippen molar-refractivity contribution in [2.24, 2.45) is 5.41 Å². The maximum Gasteiger partial charge on any atom is 0.234 e. The molecule has 2 amide bonds. The van der Waals surface area contributed by atoms with Crippen LogP contribution in [0.2, 0.25) is 0 Å². The molecule has 0 unspecified atom stereocenters. The van der Waals surface area contributed by atoms with Crippen LogP contribution in [0.15, 0.2) is 53.6 Å². The van der Waals surface area contributed by atoms with Crippen LogP contribution in [-0.2, 0) is 16.0 Å². The van der Waals surface area contributed by atoms with Crippen LogP contribution in [0.5, 0.6) is 5.75 Å². The summed E-state index contributed by atoms with van der Waals surface area (Å²) in [6.07, 6.45) is 8.52. The van der Waals surface area contributed by atoms with Gasteiger partial charge in [-0.3, -0.25) is 14.6 Å². The van der Waals surface area contributed by atoms with E-state index in [-0.39, 0.29) is 11.8 Å². The van der Waals surface area contributed by atoms with Crippen LogP contribution in [0.25, 0.3) is 10.9 Å². The second-order valence-corrected chi connectivity index (χ2v) is 10.2. The fourth-order valence-electron chi connectivity index (χ4n) is 5.14. The Bertz CT molecular complexity index is 1240. The van der Waals surface area contributed by atoms with Gasteiger partial charge >= 0.3 is 0 Å². The summed E-state index contributed by atoms with van der Waals surface area (Å²) < 4.78 is 5.42. The number of amides is 2. The SMILES string of the molecule is COc1ccc2nccc(CCC3(C(=O)Nc4ccc5c(c4)NC(=O)CS5)CCCCC3)c2c1. The smallest absolute Gasteiger partial charge is 0.234 e. The van der Waals surface area contributed by atoms with Gasteiger partial charge in [0, 0.05) is 27.6 Å². The van der Waals surface area contributed by atoms with Crippen molar-refractivity contribution >= 4 is 45.9 Å². The summed E-state index contributed by atoms with van der Waals surface area (Å²) in [4.78, 5) is 31.0. The Hall–Kier alpha value is -3.06. The minimum Gasteiger partial charge on any atom is -0.497 e. The van der Waals surface area contributed by atoms with E-state index in [1.807, 2.05) is 42.6 Å². The molecule has 0 spiro atoms. The molecule has 3 aromatic rings. The van der Waals surface area contributed by atoms with E-state index < -0.39 is 5.41 Å². The van der Waals surface area contributed by atoms with E-state index in [0.29, 0.717) is 5.75 Å². The van der Waals surface area contributed by atoms with Crippen molar-refractivity contribution in [3.05, 3.63) is 54.2 Å². The number of anilines is 2. The standard InChI is InChI=1S/C27H29N3O3S/c1-33-20-6-7-22-21(16-20)18(10-14-28-22)9-13-27(11-3-2-4-12-27)26(32)29-19-5-8-24-23(15-19)30-25(31)17-34-24/h5-8,10,14-16H,2-4,9,11-13,17H2,1H3,(H,29,32)(H,30,31). The van der Waals surface area contributed by atoms with Gasteiger partial charge in [-0.05, 0) is 73.7 Å². The third-order valence-electron chi connectivity index (χ3n) is 7.07. The van der Waals surface area contributed by atoms with Gasteiger partial charge in [-0.25, -0.2) is 0 Å². The molecule has 1 fully saturated rings. The van der Waals surface area contributed by atoms with Crippen LogP contribution in [0, 0.1) is 5.41 Å². The molecule has 1 aliphatic carbocycles. The Balaban J connectivity index is 1.37. The maximum absolute atomic E-state index is 13.7. The Kier molecular flexibility index (Phi) is 6.46. The van der Waals surface area contributed by atoms with Crippen molar-refractivity contribution in [3.8, 4) is 5.75 Å². The highest BCUT2D eigenvalue weighted by Gasteiger charge is 2.39. The summed E-state index contributed by atoms with van der Waals surface area (Å²) in [5.41, 5.74) is 3.23. The van der Waals surface area contributed by atoms with Crippen LogP contribution in [0.1, 0.15) is 44.1 Å². The molecule has 176 valence electrons. The molecular formula is C27H29N3O3S. The topological polar surface area (TPSA) is 80.3 Å². The Morgan fingerprint density at radius 3 is 2.82 bits per heavy atom. The third-order valence-corrected chi connectivity index (χ3v) is 8.15. The molecule has 1 aliphatic heterocycles. The number of methoxy groups -OCH3 is 1. The first-order chi connectivity index (χ1) is 16.6. The first kappa shape index (κ1) is 22.7. The number of carbonyl (C=O) groups excluding carboxylic acids is 2. The maximum atomic E-state index is 13.7. The molecule has 2 heterocycles. The number of thioether (sulfide) groups is 1. The van der Waals surface area contributed by atoms with Crippen molar-refractivity contribution in [2.75, 3.05) is 23.5 Å². The predicted molar refractivity (Wildman–Crippen MR) is 137 cm³/mol. The highest BCUT2D eigenvalue weighted by atomic mass is 32.2. The monoisotopic (exact) mass is 475 g/mol. The van der Waals surface area contributed by atoms with Crippen molar-refractivity contribution in [2.45, 2.75) is 49.8 Å². The van der Waals surface area contributed by atoms with Crippen LogP contribution in [0.4, 0.5) is 11.4 Å². The molecule has 0 bridgehead atoms. The van der Waals surface area contributed by atoms with Gasteiger partial charge in [-0.1, -0.05) is 19.3 Å². The van der Waals surface area contributed by atoms with Crippen LogP contribution in [-0.4, -0.2) is 29.7 Å². The van der Waals surface area contributed by atoms with E-state index in [9.17, 15) is 9.59 Å². The number of fused-ring (bicyclic) bond motifs is 2. The molecule has 2 aliphatic rings. The molecule has 1 saturated carbocycles.